The first-order chi connectivity index (χ1) is 18.2. The molecule has 1 amide bonds. The monoisotopic (exact) mass is 574 g/mol. The van der Waals surface area contributed by atoms with E-state index >= 15 is 0 Å². The summed E-state index contributed by atoms with van der Waals surface area (Å²) in [6.45, 7) is 1.74. The molecule has 4 rings (SSSR count). The van der Waals surface area contributed by atoms with Gasteiger partial charge in [0.25, 0.3) is 0 Å². The smallest absolute Gasteiger partial charge is 0.502 e. The number of alkyl halides is 6. The minimum absolute atomic E-state index is 0.166. The number of carbonyl (C=O) groups is 1. The van der Waals surface area contributed by atoms with Crippen molar-refractivity contribution in [1.82, 2.24) is 10.3 Å². The highest BCUT2D eigenvalue weighted by atomic mass is 32.1. The highest BCUT2D eigenvalue weighted by Crippen LogP contribution is 2.46. The number of nitrogens with zero attached hydrogens (tertiary/aromatic N) is 1. The van der Waals surface area contributed by atoms with Crippen molar-refractivity contribution in [2.24, 2.45) is 0 Å². The fourth-order valence-corrected chi connectivity index (χ4v) is 4.53. The number of aromatic nitrogens is 1. The van der Waals surface area contributed by atoms with E-state index in [1.807, 2.05) is 0 Å². The molecule has 0 aliphatic heterocycles. The molecule has 1 aliphatic rings. The van der Waals surface area contributed by atoms with Crippen LogP contribution in [-0.2, 0) is 11.3 Å². The van der Waals surface area contributed by atoms with E-state index in [9.17, 15) is 40.6 Å². The molecule has 1 heterocycles. The molecule has 0 fully saturated rings. The van der Waals surface area contributed by atoms with Crippen LogP contribution in [-0.4, -0.2) is 28.7 Å². The molecule has 0 atom stereocenters. The van der Waals surface area contributed by atoms with Gasteiger partial charge < -0.3 is 19.9 Å². The lowest BCUT2D eigenvalue weighted by molar-refractivity contribution is -0.277. The quantitative estimate of drug-likeness (QED) is 0.303. The summed E-state index contributed by atoms with van der Waals surface area (Å²) in [5.74, 6) is -5.18. The Kier molecular flexibility index (Phi) is 7.59. The number of thiazole rings is 1. The van der Waals surface area contributed by atoms with Crippen LogP contribution in [0, 0.1) is 5.82 Å². The highest BCUT2D eigenvalue weighted by Gasteiger charge is 2.36. The van der Waals surface area contributed by atoms with Gasteiger partial charge in [-0.05, 0) is 70.7 Å². The van der Waals surface area contributed by atoms with Gasteiger partial charge in [0.1, 0.15) is 10.8 Å². The summed E-state index contributed by atoms with van der Waals surface area (Å²) in [6.07, 6.45) is -8.05. The number of amides is 1. The predicted octanol–water partition coefficient (Wildman–Crippen LogP) is 6.82. The Balaban J connectivity index is 1.75. The molecule has 1 aromatic heterocycles. The molecule has 0 saturated carbocycles. The third-order valence-electron chi connectivity index (χ3n) is 5.54. The third kappa shape index (κ3) is 6.88. The fraction of sp³-hybridized carbons (Fsp3) is 0.200. The molecule has 39 heavy (non-hydrogen) atoms. The van der Waals surface area contributed by atoms with E-state index in [0.29, 0.717) is 45.0 Å². The highest BCUT2D eigenvalue weighted by molar-refractivity contribution is 7.09. The summed E-state index contributed by atoms with van der Waals surface area (Å²) in [4.78, 5) is 16.7. The molecule has 0 spiro atoms. The van der Waals surface area contributed by atoms with Crippen LogP contribution in [0.2, 0.25) is 0 Å². The predicted molar refractivity (Wildman–Crippen MR) is 127 cm³/mol. The van der Waals surface area contributed by atoms with Gasteiger partial charge in [-0.1, -0.05) is 6.07 Å². The second kappa shape index (κ2) is 10.6. The van der Waals surface area contributed by atoms with Gasteiger partial charge in [0.05, 0.1) is 13.0 Å². The van der Waals surface area contributed by atoms with Crippen LogP contribution >= 0.6 is 11.3 Å². The molecule has 2 aromatic carbocycles. The van der Waals surface area contributed by atoms with Gasteiger partial charge in [0, 0.05) is 11.6 Å². The lowest BCUT2D eigenvalue weighted by Crippen LogP contribution is -2.22. The fourth-order valence-electron chi connectivity index (χ4n) is 3.98. The second-order valence-electron chi connectivity index (χ2n) is 8.19. The number of rotatable bonds is 7. The van der Waals surface area contributed by atoms with E-state index in [0.717, 1.165) is 6.07 Å². The van der Waals surface area contributed by atoms with Gasteiger partial charge in [-0.25, -0.2) is 9.37 Å². The number of allylic oxidation sites excluding steroid dienone is 2. The number of benzene rings is 2. The van der Waals surface area contributed by atoms with Gasteiger partial charge in [-0.3, -0.25) is 4.79 Å². The van der Waals surface area contributed by atoms with Crippen molar-refractivity contribution < 1.29 is 50.1 Å². The topological polar surface area (TPSA) is 80.7 Å². The molecular weight excluding hydrogens is 557 g/mol. The lowest BCUT2D eigenvalue weighted by atomic mass is 10.00. The maximum absolute atomic E-state index is 14.1. The Bertz CT molecular complexity index is 1430. The molecule has 2 N–H and O–H groups in total. The molecular formula is C25H17F7N2O4S. The summed E-state index contributed by atoms with van der Waals surface area (Å²) in [5.41, 5.74) is 1.61. The van der Waals surface area contributed by atoms with Crippen molar-refractivity contribution in [3.8, 4) is 17.2 Å². The van der Waals surface area contributed by atoms with Crippen LogP contribution in [0.3, 0.4) is 0 Å². The Hall–Kier alpha value is -4.07. The summed E-state index contributed by atoms with van der Waals surface area (Å²) in [7, 11) is 0. The van der Waals surface area contributed by atoms with Gasteiger partial charge in [0.2, 0.25) is 11.7 Å². The molecule has 0 unspecified atom stereocenters. The molecule has 6 nitrogen and oxygen atoms in total. The first kappa shape index (κ1) is 28.0. The van der Waals surface area contributed by atoms with Gasteiger partial charge in [0.15, 0.2) is 11.5 Å². The molecule has 3 aromatic rings. The molecule has 0 bridgehead atoms. The summed E-state index contributed by atoms with van der Waals surface area (Å²) in [5, 5.41) is 15.0. The first-order valence-corrected chi connectivity index (χ1v) is 11.8. The molecule has 206 valence electrons. The number of hydrogen-bond donors (Lipinski definition) is 2. The van der Waals surface area contributed by atoms with Crippen molar-refractivity contribution in [3.05, 3.63) is 75.0 Å². The zero-order chi connectivity index (χ0) is 28.5. The van der Waals surface area contributed by atoms with E-state index in [4.69, 9.17) is 0 Å². The van der Waals surface area contributed by atoms with Gasteiger partial charge >= 0.3 is 12.7 Å². The average molecular weight is 574 g/mol. The number of ether oxygens (including phenoxy) is 2. The molecule has 0 saturated heterocycles. The van der Waals surface area contributed by atoms with Crippen LogP contribution in [0.25, 0.3) is 17.2 Å². The molecule has 0 radical (unpaired) electrons. The normalized spacial score (nSPS) is 14.5. The van der Waals surface area contributed by atoms with Crippen molar-refractivity contribution in [3.63, 3.8) is 0 Å². The zero-order valence-corrected chi connectivity index (χ0v) is 20.5. The molecule has 14 heteroatoms. The number of fused-ring (bicyclic) bond motifs is 1. The van der Waals surface area contributed by atoms with Crippen LogP contribution < -0.4 is 14.8 Å². The van der Waals surface area contributed by atoms with E-state index < -0.39 is 41.7 Å². The minimum atomic E-state index is -5.33. The van der Waals surface area contributed by atoms with E-state index in [-0.39, 0.29) is 18.5 Å². The van der Waals surface area contributed by atoms with Crippen LogP contribution in [0.1, 0.15) is 35.0 Å². The Morgan fingerprint density at radius 1 is 1.05 bits per heavy atom. The SMILES string of the molecule is CC1=C(CC(=O)NCc2nccs2)c2cc(F)ccc2C1=Cc1cc(OC(F)(F)F)c(O)c(OC(F)(F)F)c1. The van der Waals surface area contributed by atoms with Crippen LogP contribution in [0.4, 0.5) is 30.7 Å². The average Bonchev–Trinajstić information content (AvgIpc) is 3.42. The number of hydrogen-bond acceptors (Lipinski definition) is 6. The van der Waals surface area contributed by atoms with Crippen molar-refractivity contribution in [2.45, 2.75) is 32.6 Å². The zero-order valence-electron chi connectivity index (χ0n) is 19.7. The molecule has 1 aliphatic carbocycles. The third-order valence-corrected chi connectivity index (χ3v) is 6.32. The van der Waals surface area contributed by atoms with Crippen LogP contribution in [0.5, 0.6) is 17.2 Å². The Labute approximate surface area is 220 Å². The first-order valence-electron chi connectivity index (χ1n) is 11.0. The van der Waals surface area contributed by atoms with E-state index in [2.05, 4.69) is 19.8 Å². The van der Waals surface area contributed by atoms with Gasteiger partial charge in [-0.2, -0.15) is 0 Å². The summed E-state index contributed by atoms with van der Waals surface area (Å²) in [6, 6.07) is 5.03. The number of halogens is 7. The maximum Gasteiger partial charge on any atom is 0.573 e. The number of carbonyl (C=O) groups excluding carboxylic acids is 1. The van der Waals surface area contributed by atoms with Crippen molar-refractivity contribution >= 4 is 34.5 Å². The van der Waals surface area contributed by atoms with E-state index in [1.165, 1.54) is 29.5 Å². The largest absolute Gasteiger partial charge is 0.573 e. The minimum Gasteiger partial charge on any atom is -0.502 e. The van der Waals surface area contributed by atoms with E-state index in [1.54, 1.807) is 18.5 Å². The summed E-state index contributed by atoms with van der Waals surface area (Å²) < 4.78 is 98.6. The van der Waals surface area contributed by atoms with Gasteiger partial charge in [-0.15, -0.1) is 37.7 Å². The van der Waals surface area contributed by atoms with Crippen molar-refractivity contribution in [1.29, 1.82) is 0 Å². The lowest BCUT2D eigenvalue weighted by Gasteiger charge is -2.16. The number of nitrogens with one attached hydrogen (secondary N) is 1. The van der Waals surface area contributed by atoms with Crippen molar-refractivity contribution in [2.75, 3.05) is 0 Å². The Morgan fingerprint density at radius 2 is 1.69 bits per heavy atom. The second-order valence-corrected chi connectivity index (χ2v) is 9.17. The summed E-state index contributed by atoms with van der Waals surface area (Å²) >= 11 is 1.33. The standard InChI is InChI=1S/C25H17F7N2O4S/c1-12-16(6-13-7-19(37-24(27,28)29)23(36)20(8-13)38-25(30,31)32)15-3-2-14(26)9-18(15)17(12)10-21(35)34-11-22-33-4-5-39-22/h2-9,36H,10-11H2,1H3,(H,34,35). The number of aromatic hydroxyl groups is 1. The maximum atomic E-state index is 14.1. The Morgan fingerprint density at radius 3 is 2.26 bits per heavy atom. The number of phenols is 1. The number of phenolic OH excluding ortho intramolecular Hbond substituents is 1. The van der Waals surface area contributed by atoms with Crippen LogP contribution in [0.15, 0.2) is 47.5 Å².